The predicted molar refractivity (Wildman–Crippen MR) is 54.8 cm³/mol. The van der Waals surface area contributed by atoms with Gasteiger partial charge in [0.25, 0.3) is 0 Å². The van der Waals surface area contributed by atoms with Gasteiger partial charge in [-0.1, -0.05) is 18.2 Å². The molecule has 1 heterocycles. The lowest BCUT2D eigenvalue weighted by atomic mass is 10.0. The fourth-order valence-corrected chi connectivity index (χ4v) is 1.43. The smallest absolute Gasteiger partial charge is 0.240 e. The molecule has 0 unspecified atom stereocenters. The highest BCUT2D eigenvalue weighted by molar-refractivity contribution is 6.07. The average molecular weight is 189 g/mol. The number of hydrogen-bond acceptors (Lipinski definition) is 3. The second-order valence-electron chi connectivity index (χ2n) is 3.18. The summed E-state index contributed by atoms with van der Waals surface area (Å²) in [5, 5.41) is 3.98. The first-order valence-corrected chi connectivity index (χ1v) is 4.47. The van der Waals surface area contributed by atoms with Crippen LogP contribution in [-0.4, -0.2) is 11.6 Å². The number of hydrogen-bond donors (Lipinski definition) is 2. The van der Waals surface area contributed by atoms with Gasteiger partial charge in [-0.2, -0.15) is 5.10 Å². The molecule has 0 fully saturated rings. The summed E-state index contributed by atoms with van der Waals surface area (Å²) in [5.41, 5.74) is 10.7. The van der Waals surface area contributed by atoms with Crippen molar-refractivity contribution in [3.8, 4) is 0 Å². The molecular formula is C10H11N3O. The molecule has 0 bridgehead atoms. The minimum absolute atomic E-state index is 0.0387. The molecule has 0 saturated heterocycles. The number of hydrazone groups is 1. The SMILES string of the molecule is Nc1ccccc1C1=NNC(=O)CC1. The van der Waals surface area contributed by atoms with E-state index in [1.807, 2.05) is 24.3 Å². The molecule has 72 valence electrons. The van der Waals surface area contributed by atoms with Crippen molar-refractivity contribution in [2.75, 3.05) is 5.73 Å². The zero-order chi connectivity index (χ0) is 9.97. The summed E-state index contributed by atoms with van der Waals surface area (Å²) in [6, 6.07) is 7.52. The van der Waals surface area contributed by atoms with Gasteiger partial charge in [-0.15, -0.1) is 0 Å². The van der Waals surface area contributed by atoms with Gasteiger partial charge in [-0.05, 0) is 6.07 Å². The molecule has 4 heteroatoms. The van der Waals surface area contributed by atoms with Crippen LogP contribution in [0.4, 0.5) is 5.69 Å². The Kier molecular flexibility index (Phi) is 2.18. The number of carbonyl (C=O) groups is 1. The lowest BCUT2D eigenvalue weighted by Crippen LogP contribution is -2.26. The lowest BCUT2D eigenvalue weighted by molar-refractivity contribution is -0.121. The number of nitrogen functional groups attached to an aromatic ring is 1. The minimum Gasteiger partial charge on any atom is -0.398 e. The van der Waals surface area contributed by atoms with Crippen LogP contribution in [0.2, 0.25) is 0 Å². The van der Waals surface area contributed by atoms with Crippen molar-refractivity contribution in [1.29, 1.82) is 0 Å². The summed E-state index contributed by atoms with van der Waals surface area (Å²) >= 11 is 0. The van der Waals surface area contributed by atoms with Crippen molar-refractivity contribution in [2.45, 2.75) is 12.8 Å². The topological polar surface area (TPSA) is 67.5 Å². The van der Waals surface area contributed by atoms with E-state index in [2.05, 4.69) is 10.5 Å². The maximum atomic E-state index is 10.9. The van der Waals surface area contributed by atoms with E-state index in [1.54, 1.807) is 0 Å². The van der Waals surface area contributed by atoms with Gasteiger partial charge in [-0.25, -0.2) is 5.43 Å². The number of nitrogens with zero attached hydrogens (tertiary/aromatic N) is 1. The molecule has 0 radical (unpaired) electrons. The van der Waals surface area contributed by atoms with Crippen LogP contribution in [0, 0.1) is 0 Å². The first kappa shape index (κ1) is 8.74. The average Bonchev–Trinajstić information content (AvgIpc) is 2.20. The van der Waals surface area contributed by atoms with Crippen LogP contribution in [0.25, 0.3) is 0 Å². The Hall–Kier alpha value is -1.84. The molecule has 1 aliphatic heterocycles. The molecule has 0 aromatic heterocycles. The van der Waals surface area contributed by atoms with Gasteiger partial charge in [0.15, 0.2) is 0 Å². The number of para-hydroxylation sites is 1. The first-order valence-electron chi connectivity index (χ1n) is 4.47. The summed E-state index contributed by atoms with van der Waals surface area (Å²) in [6.45, 7) is 0. The van der Waals surface area contributed by atoms with Crippen molar-refractivity contribution in [3.05, 3.63) is 29.8 Å². The summed E-state index contributed by atoms with van der Waals surface area (Å²) in [7, 11) is 0. The van der Waals surface area contributed by atoms with Gasteiger partial charge in [-0.3, -0.25) is 4.79 Å². The molecule has 0 spiro atoms. The molecule has 0 aliphatic carbocycles. The predicted octanol–water partition coefficient (Wildman–Crippen LogP) is 0.883. The van der Waals surface area contributed by atoms with Crippen molar-refractivity contribution in [1.82, 2.24) is 5.43 Å². The standard InChI is InChI=1S/C10H11N3O/c11-8-4-2-1-3-7(8)9-5-6-10(14)13-12-9/h1-4H,5-6,11H2,(H,13,14). The Morgan fingerprint density at radius 2 is 2.07 bits per heavy atom. The van der Waals surface area contributed by atoms with Crippen LogP contribution in [-0.2, 0) is 4.79 Å². The van der Waals surface area contributed by atoms with E-state index in [-0.39, 0.29) is 5.91 Å². The molecule has 14 heavy (non-hydrogen) atoms. The molecule has 1 amide bonds. The third kappa shape index (κ3) is 1.59. The highest BCUT2D eigenvalue weighted by Gasteiger charge is 2.14. The molecule has 1 aromatic rings. The van der Waals surface area contributed by atoms with Gasteiger partial charge >= 0.3 is 0 Å². The number of amides is 1. The lowest BCUT2D eigenvalue weighted by Gasteiger charge is -2.13. The van der Waals surface area contributed by atoms with Crippen molar-refractivity contribution >= 4 is 17.3 Å². The number of anilines is 1. The fourth-order valence-electron chi connectivity index (χ4n) is 1.43. The van der Waals surface area contributed by atoms with Crippen LogP contribution in [0.15, 0.2) is 29.4 Å². The molecule has 1 aromatic carbocycles. The van der Waals surface area contributed by atoms with Gasteiger partial charge in [0.05, 0.1) is 5.71 Å². The molecule has 0 atom stereocenters. The minimum atomic E-state index is -0.0387. The van der Waals surface area contributed by atoms with Crippen LogP contribution in [0.5, 0.6) is 0 Å². The highest BCUT2D eigenvalue weighted by Crippen LogP contribution is 2.16. The van der Waals surface area contributed by atoms with E-state index in [1.165, 1.54) is 0 Å². The van der Waals surface area contributed by atoms with Crippen LogP contribution < -0.4 is 11.2 Å². The summed E-state index contributed by atoms with van der Waals surface area (Å²) < 4.78 is 0. The Morgan fingerprint density at radius 1 is 1.29 bits per heavy atom. The van der Waals surface area contributed by atoms with Gasteiger partial charge < -0.3 is 5.73 Å². The Morgan fingerprint density at radius 3 is 2.71 bits per heavy atom. The second kappa shape index (κ2) is 3.49. The number of nitrogens with two attached hydrogens (primary N) is 1. The van der Waals surface area contributed by atoms with E-state index in [4.69, 9.17) is 5.73 Å². The maximum absolute atomic E-state index is 10.9. The summed E-state index contributed by atoms with van der Waals surface area (Å²) in [5.74, 6) is -0.0387. The number of rotatable bonds is 1. The zero-order valence-electron chi connectivity index (χ0n) is 7.66. The summed E-state index contributed by atoms with van der Waals surface area (Å²) in [4.78, 5) is 10.9. The normalized spacial score (nSPS) is 16.0. The molecule has 4 nitrogen and oxygen atoms in total. The number of nitrogens with one attached hydrogen (secondary N) is 1. The molecule has 2 rings (SSSR count). The molecular weight excluding hydrogens is 178 g/mol. The van der Waals surface area contributed by atoms with E-state index in [0.29, 0.717) is 18.5 Å². The van der Waals surface area contributed by atoms with Crippen LogP contribution in [0.1, 0.15) is 18.4 Å². The first-order chi connectivity index (χ1) is 6.77. The largest absolute Gasteiger partial charge is 0.398 e. The second-order valence-corrected chi connectivity index (χ2v) is 3.18. The Balaban J connectivity index is 2.32. The van der Waals surface area contributed by atoms with Gasteiger partial charge in [0, 0.05) is 24.1 Å². The highest BCUT2D eigenvalue weighted by atomic mass is 16.2. The van der Waals surface area contributed by atoms with Gasteiger partial charge in [0.2, 0.25) is 5.91 Å². The zero-order valence-corrected chi connectivity index (χ0v) is 7.66. The third-order valence-corrected chi connectivity index (χ3v) is 2.18. The summed E-state index contributed by atoms with van der Waals surface area (Å²) in [6.07, 6.45) is 1.13. The number of benzene rings is 1. The van der Waals surface area contributed by atoms with Crippen LogP contribution >= 0.6 is 0 Å². The number of carbonyl (C=O) groups excluding carboxylic acids is 1. The molecule has 3 N–H and O–H groups in total. The van der Waals surface area contributed by atoms with Gasteiger partial charge in [0.1, 0.15) is 0 Å². The van der Waals surface area contributed by atoms with Crippen molar-refractivity contribution < 1.29 is 4.79 Å². The van der Waals surface area contributed by atoms with Crippen molar-refractivity contribution in [2.24, 2.45) is 5.10 Å². The van der Waals surface area contributed by atoms with Crippen molar-refractivity contribution in [3.63, 3.8) is 0 Å². The quantitative estimate of drug-likeness (QED) is 0.644. The monoisotopic (exact) mass is 189 g/mol. The van der Waals surface area contributed by atoms with Crippen LogP contribution in [0.3, 0.4) is 0 Å². The molecule has 1 aliphatic rings. The Bertz CT molecular complexity index is 398. The van der Waals surface area contributed by atoms with E-state index in [0.717, 1.165) is 11.3 Å². The fraction of sp³-hybridized carbons (Fsp3) is 0.200. The third-order valence-electron chi connectivity index (χ3n) is 2.18. The Labute approximate surface area is 81.8 Å². The van der Waals surface area contributed by atoms with E-state index < -0.39 is 0 Å². The van der Waals surface area contributed by atoms with E-state index in [9.17, 15) is 4.79 Å². The molecule has 0 saturated carbocycles. The maximum Gasteiger partial charge on any atom is 0.240 e. The van der Waals surface area contributed by atoms with E-state index >= 15 is 0 Å².